The predicted molar refractivity (Wildman–Crippen MR) is 51.5 cm³/mol. The molecule has 0 aromatic rings. The fourth-order valence-electron chi connectivity index (χ4n) is 1.83. The van der Waals surface area contributed by atoms with Gasteiger partial charge >= 0.3 is 0 Å². The third-order valence-electron chi connectivity index (χ3n) is 2.86. The van der Waals surface area contributed by atoms with Crippen LogP contribution in [-0.4, -0.2) is 41.0 Å². The first-order valence-corrected chi connectivity index (χ1v) is 4.95. The molecule has 0 unspecified atom stereocenters. The number of aliphatic hydroxyl groups excluding tert-OH is 1. The summed E-state index contributed by atoms with van der Waals surface area (Å²) >= 11 is 0. The molecule has 0 radical (unpaired) electrons. The Kier molecular flexibility index (Phi) is 3.45. The monoisotopic (exact) mass is 185 g/mol. The van der Waals surface area contributed by atoms with Crippen LogP contribution in [0.25, 0.3) is 0 Å². The van der Waals surface area contributed by atoms with Gasteiger partial charge in [0.05, 0.1) is 12.0 Å². The first-order valence-electron chi connectivity index (χ1n) is 4.95. The minimum absolute atomic E-state index is 0.109. The van der Waals surface area contributed by atoms with Crippen molar-refractivity contribution in [1.82, 2.24) is 4.90 Å². The summed E-state index contributed by atoms with van der Waals surface area (Å²) in [6.07, 6.45) is 0.301. The van der Waals surface area contributed by atoms with Crippen molar-refractivity contribution in [3.8, 4) is 0 Å². The number of aliphatic hydroxyl groups is 1. The lowest BCUT2D eigenvalue weighted by Gasteiger charge is -2.37. The lowest BCUT2D eigenvalue weighted by Crippen LogP contribution is -2.48. The molecule has 0 aliphatic carbocycles. The standard InChI is InChI=1S/C10H19NO2/c1-7(2)11-5-4-10(13)9(6-11)8(3)12/h7,9-10,13H,4-6H2,1-3H3/t9-,10-/m0/s1. The molecular weight excluding hydrogens is 166 g/mol. The van der Waals surface area contributed by atoms with E-state index in [-0.39, 0.29) is 11.7 Å². The molecule has 76 valence electrons. The molecule has 0 spiro atoms. The van der Waals surface area contributed by atoms with Crippen LogP contribution in [-0.2, 0) is 4.79 Å². The van der Waals surface area contributed by atoms with Gasteiger partial charge in [-0.3, -0.25) is 4.79 Å². The van der Waals surface area contributed by atoms with Crippen molar-refractivity contribution in [3.05, 3.63) is 0 Å². The summed E-state index contributed by atoms with van der Waals surface area (Å²) in [6, 6.07) is 0.467. The summed E-state index contributed by atoms with van der Waals surface area (Å²) in [6.45, 7) is 7.43. The third-order valence-corrected chi connectivity index (χ3v) is 2.86. The van der Waals surface area contributed by atoms with E-state index in [4.69, 9.17) is 0 Å². The molecule has 1 N–H and O–H groups in total. The average molecular weight is 185 g/mol. The van der Waals surface area contributed by atoms with Crippen molar-refractivity contribution in [1.29, 1.82) is 0 Å². The first kappa shape index (κ1) is 10.7. The van der Waals surface area contributed by atoms with Gasteiger partial charge in [-0.2, -0.15) is 0 Å². The average Bonchev–Trinajstić information content (AvgIpc) is 2.04. The van der Waals surface area contributed by atoms with Gasteiger partial charge in [-0.05, 0) is 27.2 Å². The number of rotatable bonds is 2. The largest absolute Gasteiger partial charge is 0.392 e. The van der Waals surface area contributed by atoms with Crippen LogP contribution in [0.2, 0.25) is 0 Å². The van der Waals surface area contributed by atoms with E-state index in [1.807, 2.05) is 0 Å². The second kappa shape index (κ2) is 4.20. The third kappa shape index (κ3) is 2.51. The molecule has 2 atom stereocenters. The van der Waals surface area contributed by atoms with E-state index in [1.54, 1.807) is 6.92 Å². The van der Waals surface area contributed by atoms with Gasteiger partial charge in [-0.1, -0.05) is 0 Å². The lowest BCUT2D eigenvalue weighted by molar-refractivity contribution is -0.127. The highest BCUT2D eigenvalue weighted by molar-refractivity contribution is 5.79. The van der Waals surface area contributed by atoms with Gasteiger partial charge in [0.1, 0.15) is 5.78 Å². The van der Waals surface area contributed by atoms with Crippen LogP contribution in [0.5, 0.6) is 0 Å². The molecule has 0 aromatic carbocycles. The van der Waals surface area contributed by atoms with E-state index in [0.29, 0.717) is 12.6 Å². The number of carbonyl (C=O) groups is 1. The number of nitrogens with zero attached hydrogens (tertiary/aromatic N) is 1. The summed E-state index contributed by atoms with van der Waals surface area (Å²) in [7, 11) is 0. The van der Waals surface area contributed by atoms with Gasteiger partial charge < -0.3 is 10.0 Å². The Morgan fingerprint density at radius 2 is 2.15 bits per heavy atom. The fraction of sp³-hybridized carbons (Fsp3) is 0.900. The van der Waals surface area contributed by atoms with Crippen molar-refractivity contribution in [2.75, 3.05) is 13.1 Å². The van der Waals surface area contributed by atoms with Crippen molar-refractivity contribution in [2.45, 2.75) is 39.3 Å². The van der Waals surface area contributed by atoms with E-state index in [0.717, 1.165) is 13.0 Å². The Morgan fingerprint density at radius 3 is 2.62 bits per heavy atom. The number of ketones is 1. The summed E-state index contributed by atoms with van der Waals surface area (Å²) in [5.41, 5.74) is 0. The van der Waals surface area contributed by atoms with Crippen molar-refractivity contribution in [2.24, 2.45) is 5.92 Å². The van der Waals surface area contributed by atoms with Gasteiger partial charge in [-0.15, -0.1) is 0 Å². The number of hydrogen-bond donors (Lipinski definition) is 1. The van der Waals surface area contributed by atoms with Gasteiger partial charge in [0.25, 0.3) is 0 Å². The Morgan fingerprint density at radius 1 is 1.54 bits per heavy atom. The van der Waals surface area contributed by atoms with Crippen molar-refractivity contribution < 1.29 is 9.90 Å². The van der Waals surface area contributed by atoms with E-state index < -0.39 is 6.10 Å². The molecule has 13 heavy (non-hydrogen) atoms. The smallest absolute Gasteiger partial charge is 0.136 e. The number of likely N-dealkylation sites (tertiary alicyclic amines) is 1. The summed E-state index contributed by atoms with van der Waals surface area (Å²) in [4.78, 5) is 13.4. The molecule has 0 aromatic heterocycles. The van der Waals surface area contributed by atoms with Crippen LogP contribution in [0.15, 0.2) is 0 Å². The quantitative estimate of drug-likeness (QED) is 0.687. The second-order valence-corrected chi connectivity index (χ2v) is 4.16. The molecule has 1 fully saturated rings. The zero-order valence-corrected chi connectivity index (χ0v) is 8.66. The number of piperidine rings is 1. The molecule has 1 saturated heterocycles. The van der Waals surface area contributed by atoms with E-state index in [1.165, 1.54) is 0 Å². The van der Waals surface area contributed by atoms with Gasteiger partial charge in [-0.25, -0.2) is 0 Å². The summed E-state index contributed by atoms with van der Waals surface area (Å²) in [5, 5.41) is 9.59. The SMILES string of the molecule is CC(=O)[C@@H]1CN(C(C)C)CC[C@@H]1O. The molecule has 1 rings (SSSR count). The molecule has 1 aliphatic rings. The first-order chi connectivity index (χ1) is 6.02. The predicted octanol–water partition coefficient (Wildman–Crippen LogP) is 0.667. The summed E-state index contributed by atoms with van der Waals surface area (Å²) in [5.74, 6) is -0.0611. The van der Waals surface area contributed by atoms with E-state index >= 15 is 0 Å². The highest BCUT2D eigenvalue weighted by Crippen LogP contribution is 2.19. The highest BCUT2D eigenvalue weighted by Gasteiger charge is 2.31. The van der Waals surface area contributed by atoms with Crippen LogP contribution in [0.1, 0.15) is 27.2 Å². The Bertz CT molecular complexity index is 191. The van der Waals surface area contributed by atoms with Crippen LogP contribution in [0, 0.1) is 5.92 Å². The van der Waals surface area contributed by atoms with Crippen LogP contribution < -0.4 is 0 Å². The molecule has 0 bridgehead atoms. The van der Waals surface area contributed by atoms with E-state index in [2.05, 4.69) is 18.7 Å². The van der Waals surface area contributed by atoms with Crippen molar-refractivity contribution in [3.63, 3.8) is 0 Å². The Hall–Kier alpha value is -0.410. The Labute approximate surface area is 79.7 Å². The zero-order chi connectivity index (χ0) is 10.0. The van der Waals surface area contributed by atoms with Crippen LogP contribution in [0.3, 0.4) is 0 Å². The Balaban J connectivity index is 2.58. The number of hydrogen-bond acceptors (Lipinski definition) is 3. The molecular formula is C10H19NO2. The molecule has 1 heterocycles. The molecule has 3 heteroatoms. The fourth-order valence-corrected chi connectivity index (χ4v) is 1.83. The maximum atomic E-state index is 11.2. The van der Waals surface area contributed by atoms with Crippen LogP contribution in [0.4, 0.5) is 0 Å². The minimum atomic E-state index is -0.424. The number of Topliss-reactive ketones (excluding diaryl/α,β-unsaturated/α-hetero) is 1. The van der Waals surface area contributed by atoms with Gasteiger partial charge in [0.2, 0.25) is 0 Å². The summed E-state index contributed by atoms with van der Waals surface area (Å²) < 4.78 is 0. The highest BCUT2D eigenvalue weighted by atomic mass is 16.3. The lowest BCUT2D eigenvalue weighted by atomic mass is 9.91. The molecule has 0 saturated carbocycles. The minimum Gasteiger partial charge on any atom is -0.392 e. The topological polar surface area (TPSA) is 40.5 Å². The molecule has 0 amide bonds. The van der Waals surface area contributed by atoms with Gasteiger partial charge in [0.15, 0.2) is 0 Å². The number of carbonyl (C=O) groups excluding carboxylic acids is 1. The van der Waals surface area contributed by atoms with Crippen LogP contribution >= 0.6 is 0 Å². The zero-order valence-electron chi connectivity index (χ0n) is 8.66. The molecule has 1 aliphatic heterocycles. The maximum Gasteiger partial charge on any atom is 0.136 e. The maximum absolute atomic E-state index is 11.2. The second-order valence-electron chi connectivity index (χ2n) is 4.16. The molecule has 3 nitrogen and oxygen atoms in total. The van der Waals surface area contributed by atoms with Crippen molar-refractivity contribution >= 4 is 5.78 Å². The van der Waals surface area contributed by atoms with E-state index in [9.17, 15) is 9.90 Å². The normalized spacial score (nSPS) is 30.8. The van der Waals surface area contributed by atoms with Gasteiger partial charge in [0, 0.05) is 19.1 Å².